The van der Waals surface area contributed by atoms with Crippen molar-refractivity contribution in [3.8, 4) is 23.1 Å². The smallest absolute Gasteiger partial charge is 0.407 e. The second-order valence-corrected chi connectivity index (χ2v) is 24.6. The summed E-state index contributed by atoms with van der Waals surface area (Å²) in [6.45, 7) is 0.880. The van der Waals surface area contributed by atoms with E-state index in [9.17, 15) is 59.1 Å². The number of alkyl halides is 8. The van der Waals surface area contributed by atoms with Gasteiger partial charge >= 0.3 is 37.1 Å². The van der Waals surface area contributed by atoms with E-state index in [1.807, 2.05) is 15.5 Å². The minimum Gasteiger partial charge on any atom is -0.461 e. The van der Waals surface area contributed by atoms with E-state index in [2.05, 4.69) is 51.6 Å². The molecular formula is C62H75F10N11O9. The van der Waals surface area contributed by atoms with Crippen LogP contribution in [0.5, 0.6) is 0 Å². The summed E-state index contributed by atoms with van der Waals surface area (Å²) < 4.78 is 171. The van der Waals surface area contributed by atoms with Crippen molar-refractivity contribution < 1.29 is 86.8 Å². The Bertz CT molecular complexity index is 3240. The average molecular weight is 1310 g/mol. The summed E-state index contributed by atoms with van der Waals surface area (Å²) in [6.07, 6.45) is -6.88. The number of methoxy groups -OCH3 is 2. The molecule has 3 aliphatic heterocycles. The summed E-state index contributed by atoms with van der Waals surface area (Å²) in [5.41, 5.74) is -4.38. The molecule has 4 aliphatic rings. The van der Waals surface area contributed by atoms with Gasteiger partial charge in [-0.2, -0.15) is 40.2 Å². The summed E-state index contributed by atoms with van der Waals surface area (Å²) in [6, 6.07) is 5.16. The van der Waals surface area contributed by atoms with Gasteiger partial charge in [0, 0.05) is 105 Å². The highest BCUT2D eigenvalue weighted by Crippen LogP contribution is 2.43. The quantitative estimate of drug-likeness (QED) is 0.0186. The van der Waals surface area contributed by atoms with Crippen LogP contribution in [0.15, 0.2) is 61.1 Å². The molecule has 2 unspecified atom stereocenters. The van der Waals surface area contributed by atoms with Crippen molar-refractivity contribution >= 4 is 35.8 Å². The molecule has 3 N–H and O–H groups in total. The monoisotopic (exact) mass is 1310 g/mol. The number of hydrogen-bond donors (Lipinski definition) is 3. The highest BCUT2D eigenvalue weighted by atomic mass is 19.4. The number of morpholine rings is 1. The van der Waals surface area contributed by atoms with Crippen molar-refractivity contribution in [2.45, 2.75) is 147 Å². The lowest BCUT2D eigenvalue weighted by atomic mass is 9.77. The van der Waals surface area contributed by atoms with E-state index in [0.29, 0.717) is 118 Å². The zero-order chi connectivity index (χ0) is 66.9. The second kappa shape index (κ2) is 30.0. The molecule has 4 fully saturated rings. The van der Waals surface area contributed by atoms with E-state index in [1.54, 1.807) is 36.7 Å². The molecule has 92 heavy (non-hydrogen) atoms. The number of ether oxygens (including phenoxy) is 4. The van der Waals surface area contributed by atoms with Gasteiger partial charge in [0.1, 0.15) is 29.8 Å². The third kappa shape index (κ3) is 17.3. The molecule has 8 rings (SSSR count). The minimum absolute atomic E-state index is 0.142. The number of amides is 3. The Balaban J connectivity index is 1.17. The highest BCUT2D eigenvalue weighted by molar-refractivity contribution is 5.89. The first-order chi connectivity index (χ1) is 43.5. The number of rotatable bonds is 25. The summed E-state index contributed by atoms with van der Waals surface area (Å²) in [5.74, 6) is -1.72. The number of nitrogens with one attached hydrogen (secondary N) is 3. The number of Topliss-reactive ketones (excluding diaryl/α,β-unsaturated/α-hetero) is 1. The van der Waals surface area contributed by atoms with Crippen LogP contribution < -0.4 is 21.0 Å². The summed E-state index contributed by atoms with van der Waals surface area (Å²) in [7, 11) is 1.64. The van der Waals surface area contributed by atoms with Gasteiger partial charge in [-0.05, 0) is 109 Å². The molecule has 2 bridgehead atoms. The Kier molecular flexibility index (Phi) is 22.9. The number of ketones is 1. The van der Waals surface area contributed by atoms with Gasteiger partial charge in [-0.15, -0.1) is 0 Å². The van der Waals surface area contributed by atoms with E-state index in [1.165, 1.54) is 19.3 Å². The molecule has 1 aliphatic carbocycles. The number of carbonyl (C=O) groups is 5. The van der Waals surface area contributed by atoms with Crippen LogP contribution in [0.4, 0.5) is 59.4 Å². The number of piperazine rings is 1. The molecule has 3 saturated heterocycles. The van der Waals surface area contributed by atoms with E-state index in [4.69, 9.17) is 9.47 Å². The van der Waals surface area contributed by atoms with Crippen molar-refractivity contribution in [3.63, 3.8) is 0 Å². The minimum atomic E-state index is -5.26. The van der Waals surface area contributed by atoms with Crippen molar-refractivity contribution in [2.24, 2.45) is 16.7 Å². The summed E-state index contributed by atoms with van der Waals surface area (Å²) in [4.78, 5) is 85.1. The van der Waals surface area contributed by atoms with Crippen LogP contribution in [0.3, 0.4) is 0 Å². The van der Waals surface area contributed by atoms with Crippen molar-refractivity contribution in [1.82, 2.24) is 50.6 Å². The molecule has 2 aromatic carbocycles. The maximum Gasteiger partial charge on any atom is 0.407 e. The fourth-order valence-corrected chi connectivity index (χ4v) is 11.8. The normalized spacial score (nSPS) is 18.9. The van der Waals surface area contributed by atoms with Crippen molar-refractivity contribution in [2.75, 3.05) is 71.6 Å². The topological polar surface area (TPSA) is 215 Å². The van der Waals surface area contributed by atoms with Crippen LogP contribution in [0.25, 0.3) is 11.3 Å². The lowest BCUT2D eigenvalue weighted by Gasteiger charge is -2.48. The fourth-order valence-electron chi connectivity index (χ4n) is 11.8. The van der Waals surface area contributed by atoms with Crippen LogP contribution in [-0.4, -0.2) is 180 Å². The molecular weight excluding hydrogens is 1230 g/mol. The number of hydrogen-bond acceptors (Lipinski definition) is 16. The number of esters is 1. The van der Waals surface area contributed by atoms with Gasteiger partial charge in [-0.25, -0.2) is 38.0 Å². The number of aromatic nitrogens is 4. The predicted octanol–water partition coefficient (Wildman–Crippen LogP) is 8.92. The standard InChI is InChI=1S/C62H75F10N11O9/c1-59(2,61(67,68)69)52(75-57(87)89-5)49(84)30-41(27-38-15-12-37(13-16-38)14-17-39-31-73-56(74-32-39)80-33-43-18-19-44(34-80)83(43)42-9-7-10-42)50(92-51(85)11-8-21-79-23-25-91-26-24-79)36-81(78-54(86)53(76-58(88)90-6)60(3,4)62(70,71)72)35-45-46(63)28-40(29-47(45)64)48-20-22-82(77-48)55(65)66/h12-13,15-16,20,22,28-29,31-32,41-44,50,52-53,55H,7-11,18-19,21,23-27,30,33-36H2,1-6H3,(H,75,87)(H,76,88)(H,78,86)/t41-,43?,44?,50+,52-,53-/m1/s1. The van der Waals surface area contributed by atoms with Gasteiger partial charge in [-0.1, -0.05) is 30.4 Å². The first-order valence-corrected chi connectivity index (χ1v) is 30.1. The molecule has 502 valence electrons. The number of alkyl carbamates (subject to hydrolysis) is 2. The van der Waals surface area contributed by atoms with E-state index in [0.717, 1.165) is 52.4 Å². The first-order valence-electron chi connectivity index (χ1n) is 30.1. The Morgan fingerprint density at radius 3 is 1.89 bits per heavy atom. The molecule has 2 aromatic heterocycles. The van der Waals surface area contributed by atoms with Crippen LogP contribution in [0.1, 0.15) is 108 Å². The first kappa shape index (κ1) is 70.3. The van der Waals surface area contributed by atoms with Crippen LogP contribution in [0, 0.1) is 40.2 Å². The second-order valence-electron chi connectivity index (χ2n) is 24.6. The Hall–Kier alpha value is -7.62. The lowest BCUT2D eigenvalue weighted by Crippen LogP contribution is -2.62. The van der Waals surface area contributed by atoms with Gasteiger partial charge in [0.15, 0.2) is 5.78 Å². The fraction of sp³-hybridized carbons (Fsp3) is 0.581. The van der Waals surface area contributed by atoms with Gasteiger partial charge < -0.3 is 34.5 Å². The molecule has 3 amide bonds. The number of halogens is 10. The Morgan fingerprint density at radius 1 is 0.772 bits per heavy atom. The average Bonchev–Trinajstić information content (AvgIpc) is 1.70. The maximum absolute atomic E-state index is 16.5. The Labute approximate surface area is 525 Å². The molecule has 20 nitrogen and oxygen atoms in total. The van der Waals surface area contributed by atoms with Gasteiger partial charge in [-0.3, -0.25) is 29.6 Å². The zero-order valence-electron chi connectivity index (χ0n) is 51.7. The molecule has 6 atom stereocenters. The number of fused-ring (bicyclic) bond motifs is 2. The molecule has 1 saturated carbocycles. The SMILES string of the molecule is COC(=O)N[C@H](C(=O)C[C@@H](Cc1ccc(C#Cc2cnc(N3CC4CCC(C3)N4C3CCC3)nc2)cc1)[C@H](CN(Cc1c(F)cc(-c2ccn(C(F)F)n2)cc1F)NC(=O)[C@@H](NC(=O)OC)C(C)(C)C(F)(F)F)OC(=O)CCCN1CCOCC1)C(C)(C)C(F)(F)F. The third-order valence-electron chi connectivity index (χ3n) is 17.6. The van der Waals surface area contributed by atoms with E-state index >= 15 is 8.78 Å². The Morgan fingerprint density at radius 2 is 1.35 bits per heavy atom. The van der Waals surface area contributed by atoms with E-state index < -0.39 is 127 Å². The van der Waals surface area contributed by atoms with Gasteiger partial charge in [0.25, 0.3) is 5.91 Å². The van der Waals surface area contributed by atoms with Crippen LogP contribution >= 0.6 is 0 Å². The van der Waals surface area contributed by atoms with E-state index in [-0.39, 0.29) is 28.8 Å². The molecule has 0 spiro atoms. The molecule has 0 radical (unpaired) electrons. The predicted molar refractivity (Wildman–Crippen MR) is 312 cm³/mol. The summed E-state index contributed by atoms with van der Waals surface area (Å²) in [5, 5.41) is 8.07. The summed E-state index contributed by atoms with van der Waals surface area (Å²) >= 11 is 0. The zero-order valence-corrected chi connectivity index (χ0v) is 51.7. The van der Waals surface area contributed by atoms with Crippen LogP contribution in [0.2, 0.25) is 0 Å². The maximum atomic E-state index is 16.5. The van der Waals surface area contributed by atoms with Crippen molar-refractivity contribution in [1.29, 1.82) is 0 Å². The number of carbonyl (C=O) groups excluding carboxylic acids is 5. The van der Waals surface area contributed by atoms with Gasteiger partial charge in [0.2, 0.25) is 5.95 Å². The van der Waals surface area contributed by atoms with Gasteiger partial charge in [0.05, 0.1) is 56.1 Å². The number of nitrogens with zero attached hydrogens (tertiary/aromatic N) is 8. The molecule has 4 aromatic rings. The molecule has 30 heteroatoms. The molecule has 5 heterocycles. The number of hydrazine groups is 1. The third-order valence-corrected chi connectivity index (χ3v) is 17.6. The number of benzene rings is 2. The lowest BCUT2D eigenvalue weighted by molar-refractivity contribution is -0.221. The highest BCUT2D eigenvalue weighted by Gasteiger charge is 2.57. The number of anilines is 1. The van der Waals surface area contributed by atoms with Crippen molar-refractivity contribution in [3.05, 3.63) is 94.9 Å². The van der Waals surface area contributed by atoms with Crippen LogP contribution in [-0.2, 0) is 46.3 Å². The largest absolute Gasteiger partial charge is 0.461 e.